The Balaban J connectivity index is 1.08. The minimum Gasteiger partial charge on any atom is -0.380 e. The van der Waals surface area contributed by atoms with Crippen molar-refractivity contribution >= 4 is 33.4 Å². The Bertz CT molecular complexity index is 1910. The Morgan fingerprint density at radius 3 is 1.67 bits per heavy atom. The second kappa shape index (κ2) is 13.5. The number of H-pyrrole nitrogens is 2. The topological polar surface area (TPSA) is 106 Å². The maximum absolute atomic E-state index is 16.1. The number of ether oxygens (including phenoxy) is 2. The van der Waals surface area contributed by atoms with Crippen LogP contribution in [0.2, 0.25) is 0 Å². The third-order valence-corrected chi connectivity index (χ3v) is 11.7. The van der Waals surface area contributed by atoms with Crippen LogP contribution in [-0.4, -0.2) is 72.5 Å². The van der Waals surface area contributed by atoms with E-state index in [2.05, 4.69) is 61.9 Å². The average Bonchev–Trinajstić information content (AvgIpc) is 3.99. The van der Waals surface area contributed by atoms with Gasteiger partial charge in [-0.3, -0.25) is 0 Å². The SMILES string of the molecule is CO[C@@H]1CN[C@H](c2nc3ccc([C@H]4CC[C@@H](c5ccc6nc([C@@H]7C[C@H](OC)CN7)[nH]c6c5)N4c4cc(F)c(N5CCCCC5)c(F)c4)cc3[nH]2)C1. The molecule has 10 nitrogen and oxygen atoms in total. The van der Waals surface area contributed by atoms with Crippen LogP contribution >= 0.6 is 0 Å². The number of nitrogens with one attached hydrogen (secondary N) is 4. The second-order valence-electron chi connectivity index (χ2n) is 14.7. The van der Waals surface area contributed by atoms with Crippen LogP contribution in [-0.2, 0) is 9.47 Å². The van der Waals surface area contributed by atoms with E-state index in [1.165, 1.54) is 0 Å². The lowest BCUT2D eigenvalue weighted by atomic mass is 10.0. The van der Waals surface area contributed by atoms with E-state index in [-0.39, 0.29) is 42.1 Å². The van der Waals surface area contributed by atoms with Crippen LogP contribution in [0.1, 0.15) is 91.9 Å². The smallest absolute Gasteiger partial charge is 0.151 e. The van der Waals surface area contributed by atoms with E-state index < -0.39 is 11.6 Å². The van der Waals surface area contributed by atoms with Gasteiger partial charge in [0.25, 0.3) is 0 Å². The van der Waals surface area contributed by atoms with E-state index in [0.717, 1.165) is 103 Å². The molecule has 4 aliphatic heterocycles. The molecule has 0 saturated carbocycles. The lowest BCUT2D eigenvalue weighted by Gasteiger charge is -2.35. The maximum atomic E-state index is 16.1. The van der Waals surface area contributed by atoms with Crippen LogP contribution in [0.15, 0.2) is 48.5 Å². The normalized spacial score (nSPS) is 27.1. The van der Waals surface area contributed by atoms with Crippen molar-refractivity contribution < 1.29 is 18.3 Å². The number of halogens is 2. The van der Waals surface area contributed by atoms with Crippen LogP contribution in [0.5, 0.6) is 0 Å². The Hall–Kier alpha value is -4.10. The molecule has 5 aromatic rings. The van der Waals surface area contributed by atoms with Gasteiger partial charge in [-0.2, -0.15) is 0 Å². The van der Waals surface area contributed by atoms with Gasteiger partial charge in [-0.15, -0.1) is 0 Å². The number of piperidine rings is 1. The summed E-state index contributed by atoms with van der Waals surface area (Å²) in [5.41, 5.74) is 6.51. The Labute approximate surface area is 296 Å². The summed E-state index contributed by atoms with van der Waals surface area (Å²) in [7, 11) is 3.49. The molecule has 6 atom stereocenters. The highest BCUT2D eigenvalue weighted by molar-refractivity contribution is 5.78. The summed E-state index contributed by atoms with van der Waals surface area (Å²) in [5, 5.41) is 7.03. The van der Waals surface area contributed by atoms with Gasteiger partial charge in [0, 0.05) is 46.1 Å². The molecule has 0 amide bonds. The first-order chi connectivity index (χ1) is 24.9. The number of fused-ring (bicyclic) bond motifs is 2. The van der Waals surface area contributed by atoms with E-state index in [1.54, 1.807) is 26.4 Å². The number of hydrogen-bond acceptors (Lipinski definition) is 8. The maximum Gasteiger partial charge on any atom is 0.151 e. The summed E-state index contributed by atoms with van der Waals surface area (Å²) in [5.74, 6) is 0.794. The van der Waals surface area contributed by atoms with Crippen LogP contribution in [0, 0.1) is 11.6 Å². The predicted molar refractivity (Wildman–Crippen MR) is 194 cm³/mol. The standard InChI is InChI=1S/C39H46F2N8O2/c1-50-25-18-33(42-20-25)38-44-29-8-6-22(14-31(29)46-38)35-10-11-36(49(35)24-16-27(40)37(28(41)17-24)48-12-4-3-5-13-48)23-7-9-30-32(15-23)47-39(45-30)34-19-26(51-2)21-43-34/h6-9,14-17,25-26,33-36,42-43H,3-5,10-13,18-21H2,1-2H3,(H,44,46)(H,45,47)/t25-,26-,33-,34-,35-,36+/m0/s1. The molecule has 268 valence electrons. The molecule has 9 rings (SSSR count). The first-order valence-corrected chi connectivity index (χ1v) is 18.5. The molecular formula is C39H46F2N8O2. The molecule has 0 bridgehead atoms. The number of nitrogens with zero attached hydrogens (tertiary/aromatic N) is 4. The van der Waals surface area contributed by atoms with Gasteiger partial charge in [-0.1, -0.05) is 12.1 Å². The largest absolute Gasteiger partial charge is 0.380 e. The quantitative estimate of drug-likeness (QED) is 0.139. The summed E-state index contributed by atoms with van der Waals surface area (Å²) >= 11 is 0. The Kier molecular flexibility index (Phi) is 8.66. The molecule has 3 aromatic carbocycles. The molecule has 4 fully saturated rings. The van der Waals surface area contributed by atoms with Crippen molar-refractivity contribution in [1.82, 2.24) is 30.6 Å². The molecule has 4 N–H and O–H groups in total. The number of benzene rings is 3. The minimum atomic E-state index is -0.504. The van der Waals surface area contributed by atoms with Crippen LogP contribution in [0.4, 0.5) is 20.2 Å². The lowest BCUT2D eigenvalue weighted by Crippen LogP contribution is -2.31. The minimum absolute atomic E-state index is 0.0935. The van der Waals surface area contributed by atoms with E-state index >= 15 is 8.78 Å². The fourth-order valence-corrected chi connectivity index (χ4v) is 8.97. The molecule has 6 heterocycles. The zero-order valence-electron chi connectivity index (χ0n) is 29.2. The molecular weight excluding hydrogens is 650 g/mol. The highest BCUT2D eigenvalue weighted by atomic mass is 19.1. The zero-order valence-corrected chi connectivity index (χ0v) is 29.2. The summed E-state index contributed by atoms with van der Waals surface area (Å²) < 4.78 is 43.3. The summed E-state index contributed by atoms with van der Waals surface area (Å²) in [6.07, 6.45) is 6.68. The number of aromatic nitrogens is 4. The molecule has 4 saturated heterocycles. The lowest BCUT2D eigenvalue weighted by molar-refractivity contribution is 0.117. The molecule has 2 aromatic heterocycles. The van der Waals surface area contributed by atoms with Gasteiger partial charge in [0.2, 0.25) is 0 Å². The molecule has 12 heteroatoms. The Morgan fingerprint density at radius 1 is 0.686 bits per heavy atom. The van der Waals surface area contributed by atoms with Gasteiger partial charge in [-0.05, 0) is 92.5 Å². The van der Waals surface area contributed by atoms with Gasteiger partial charge in [-0.25, -0.2) is 18.7 Å². The molecule has 4 aliphatic rings. The summed E-state index contributed by atoms with van der Waals surface area (Å²) in [4.78, 5) is 21.0. The number of methoxy groups -OCH3 is 2. The van der Waals surface area contributed by atoms with Crippen molar-refractivity contribution in [3.8, 4) is 0 Å². The van der Waals surface area contributed by atoms with E-state index in [4.69, 9.17) is 19.4 Å². The van der Waals surface area contributed by atoms with Crippen molar-refractivity contribution in [1.29, 1.82) is 0 Å². The van der Waals surface area contributed by atoms with Gasteiger partial charge >= 0.3 is 0 Å². The molecule has 0 aliphatic carbocycles. The molecule has 51 heavy (non-hydrogen) atoms. The highest BCUT2D eigenvalue weighted by Gasteiger charge is 2.38. The third kappa shape index (κ3) is 6.05. The van der Waals surface area contributed by atoms with Crippen molar-refractivity contribution in [3.63, 3.8) is 0 Å². The number of rotatable bonds is 8. The van der Waals surface area contributed by atoms with Gasteiger partial charge in [0.15, 0.2) is 11.6 Å². The van der Waals surface area contributed by atoms with Gasteiger partial charge in [0.05, 0.1) is 58.4 Å². The van der Waals surface area contributed by atoms with Crippen LogP contribution in [0.3, 0.4) is 0 Å². The third-order valence-electron chi connectivity index (χ3n) is 11.7. The number of aromatic amines is 2. The summed E-state index contributed by atoms with van der Waals surface area (Å²) in [6.45, 7) is 2.93. The van der Waals surface area contributed by atoms with E-state index in [9.17, 15) is 0 Å². The second-order valence-corrected chi connectivity index (χ2v) is 14.7. The predicted octanol–water partition coefficient (Wildman–Crippen LogP) is 6.89. The average molecular weight is 697 g/mol. The fourth-order valence-electron chi connectivity index (χ4n) is 8.97. The van der Waals surface area contributed by atoms with E-state index in [1.807, 2.05) is 4.90 Å². The van der Waals surface area contributed by atoms with Gasteiger partial charge < -0.3 is 39.9 Å². The fraction of sp³-hybridized carbons (Fsp3) is 0.487. The van der Waals surface area contributed by atoms with Crippen LogP contribution < -0.4 is 20.4 Å². The van der Waals surface area contributed by atoms with Gasteiger partial charge in [0.1, 0.15) is 17.3 Å². The van der Waals surface area contributed by atoms with Crippen molar-refractivity contribution in [2.75, 3.05) is 50.2 Å². The van der Waals surface area contributed by atoms with Crippen molar-refractivity contribution in [3.05, 3.63) is 82.9 Å². The summed E-state index contributed by atoms with van der Waals surface area (Å²) in [6, 6.07) is 15.8. The van der Waals surface area contributed by atoms with Crippen molar-refractivity contribution in [2.45, 2.75) is 81.3 Å². The molecule has 0 radical (unpaired) electrons. The van der Waals surface area contributed by atoms with Crippen molar-refractivity contribution in [2.24, 2.45) is 0 Å². The van der Waals surface area contributed by atoms with E-state index in [0.29, 0.717) is 18.8 Å². The van der Waals surface area contributed by atoms with Crippen LogP contribution in [0.25, 0.3) is 22.1 Å². The monoisotopic (exact) mass is 696 g/mol. The first-order valence-electron chi connectivity index (χ1n) is 18.5. The number of anilines is 2. The Morgan fingerprint density at radius 2 is 1.20 bits per heavy atom. The zero-order chi connectivity index (χ0) is 34.6. The molecule has 0 unspecified atom stereocenters. The highest BCUT2D eigenvalue weighted by Crippen LogP contribution is 2.49. The number of imidazole rings is 2. The first kappa shape index (κ1) is 32.8. The number of hydrogen-bond donors (Lipinski definition) is 4. The molecule has 0 spiro atoms.